The summed E-state index contributed by atoms with van der Waals surface area (Å²) in [5.74, 6) is -0.107. The van der Waals surface area contributed by atoms with E-state index in [9.17, 15) is 14.0 Å². The number of ether oxygens (including phenoxy) is 2. The van der Waals surface area contributed by atoms with Gasteiger partial charge in [-0.2, -0.15) is 0 Å². The smallest absolute Gasteiger partial charge is 0.410 e. The minimum Gasteiger partial charge on any atom is -0.484 e. The van der Waals surface area contributed by atoms with E-state index in [-0.39, 0.29) is 23.9 Å². The average molecular weight is 626 g/mol. The van der Waals surface area contributed by atoms with E-state index in [1.807, 2.05) is 46.8 Å². The average Bonchev–Trinajstić information content (AvgIpc) is 2.81. The SMILES string of the molecule is CNC(=O)c1cc(I)c(C)cc1O[C@H](CN1CCN(C(=O)OC(C)(C)C)[C@H](C)C1)c1ccc(C)c(F)c1. The van der Waals surface area contributed by atoms with Crippen LogP contribution in [0.2, 0.25) is 0 Å². The molecule has 3 rings (SSSR count). The second-order valence-corrected chi connectivity index (χ2v) is 11.7. The van der Waals surface area contributed by atoms with Gasteiger partial charge in [0.25, 0.3) is 5.91 Å². The van der Waals surface area contributed by atoms with Crippen LogP contribution < -0.4 is 10.1 Å². The standard InChI is InChI=1S/C28H37FIN3O4/c1-17-8-9-20(13-22(17)29)25(36-24-12-18(2)23(30)14-21(24)26(34)31-7)16-32-10-11-33(19(3)15-32)27(35)37-28(4,5)6/h8-9,12-14,19,25H,10-11,15-16H2,1-7H3,(H,31,34)/t19-,25-/m1/s1. The van der Waals surface area contributed by atoms with Crippen molar-refractivity contribution in [1.82, 2.24) is 15.1 Å². The normalized spacial score (nSPS) is 17.3. The molecule has 7 nitrogen and oxygen atoms in total. The van der Waals surface area contributed by atoms with Crippen molar-refractivity contribution in [1.29, 1.82) is 0 Å². The lowest BCUT2D eigenvalue weighted by Crippen LogP contribution is -2.55. The van der Waals surface area contributed by atoms with Crippen LogP contribution in [0.15, 0.2) is 30.3 Å². The molecule has 2 amide bonds. The van der Waals surface area contributed by atoms with Crippen LogP contribution in [-0.4, -0.2) is 66.7 Å². The number of piperazine rings is 1. The molecular weight excluding hydrogens is 588 g/mol. The van der Waals surface area contributed by atoms with E-state index in [4.69, 9.17) is 9.47 Å². The highest BCUT2D eigenvalue weighted by Gasteiger charge is 2.32. The third kappa shape index (κ3) is 7.56. The second kappa shape index (κ2) is 12.0. The molecule has 202 valence electrons. The summed E-state index contributed by atoms with van der Waals surface area (Å²) in [6.45, 7) is 13.4. The largest absolute Gasteiger partial charge is 0.484 e. The number of aryl methyl sites for hydroxylation is 2. The van der Waals surface area contributed by atoms with Crippen molar-refractivity contribution in [2.45, 2.75) is 59.3 Å². The van der Waals surface area contributed by atoms with Gasteiger partial charge >= 0.3 is 6.09 Å². The molecule has 0 radical (unpaired) electrons. The maximum Gasteiger partial charge on any atom is 0.410 e. The van der Waals surface area contributed by atoms with Gasteiger partial charge in [0.2, 0.25) is 0 Å². The predicted octanol–water partition coefficient (Wildman–Crippen LogP) is 5.47. The van der Waals surface area contributed by atoms with E-state index >= 15 is 0 Å². The minimum atomic E-state index is -0.559. The van der Waals surface area contributed by atoms with Crippen molar-refractivity contribution in [3.63, 3.8) is 0 Å². The monoisotopic (exact) mass is 625 g/mol. The van der Waals surface area contributed by atoms with Gasteiger partial charge in [-0.15, -0.1) is 0 Å². The Hall–Kier alpha value is -2.40. The molecule has 2 aromatic rings. The highest BCUT2D eigenvalue weighted by molar-refractivity contribution is 14.1. The molecule has 0 unspecified atom stereocenters. The van der Waals surface area contributed by atoms with Crippen LogP contribution in [0.5, 0.6) is 5.75 Å². The van der Waals surface area contributed by atoms with E-state index in [2.05, 4.69) is 32.8 Å². The number of rotatable bonds is 6. The summed E-state index contributed by atoms with van der Waals surface area (Å²) >= 11 is 2.20. The van der Waals surface area contributed by atoms with Gasteiger partial charge in [-0.05, 0) is 99.0 Å². The third-order valence-corrected chi connectivity index (χ3v) is 7.50. The summed E-state index contributed by atoms with van der Waals surface area (Å²) in [5.41, 5.74) is 2.09. The van der Waals surface area contributed by atoms with Gasteiger partial charge in [0.05, 0.1) is 5.56 Å². The van der Waals surface area contributed by atoms with Crippen molar-refractivity contribution < 1.29 is 23.5 Å². The van der Waals surface area contributed by atoms with Crippen molar-refractivity contribution in [2.75, 3.05) is 33.2 Å². The fraction of sp³-hybridized carbons (Fsp3) is 0.500. The summed E-state index contributed by atoms with van der Waals surface area (Å²) in [6.07, 6.45) is -0.851. The lowest BCUT2D eigenvalue weighted by atomic mass is 10.0. The van der Waals surface area contributed by atoms with Crippen LogP contribution in [0.3, 0.4) is 0 Å². The number of benzene rings is 2. The first kappa shape index (κ1) is 29.2. The molecule has 1 saturated heterocycles. The summed E-state index contributed by atoms with van der Waals surface area (Å²) in [7, 11) is 1.58. The van der Waals surface area contributed by atoms with E-state index < -0.39 is 11.7 Å². The number of halogens is 2. The molecule has 1 N–H and O–H groups in total. The van der Waals surface area contributed by atoms with Crippen molar-refractivity contribution in [2.24, 2.45) is 0 Å². The molecule has 1 fully saturated rings. The highest BCUT2D eigenvalue weighted by atomic mass is 127. The zero-order valence-corrected chi connectivity index (χ0v) is 24.8. The van der Waals surface area contributed by atoms with Crippen molar-refractivity contribution in [3.8, 4) is 5.75 Å². The first-order chi connectivity index (χ1) is 17.3. The lowest BCUT2D eigenvalue weighted by molar-refractivity contribution is -0.00300. The number of nitrogens with one attached hydrogen (secondary N) is 1. The molecule has 0 saturated carbocycles. The zero-order chi connectivity index (χ0) is 27.5. The number of hydrogen-bond donors (Lipinski definition) is 1. The molecule has 1 aliphatic heterocycles. The summed E-state index contributed by atoms with van der Waals surface area (Å²) < 4.78 is 27.6. The van der Waals surface area contributed by atoms with Crippen LogP contribution in [0.25, 0.3) is 0 Å². The minimum absolute atomic E-state index is 0.0685. The summed E-state index contributed by atoms with van der Waals surface area (Å²) in [5, 5.41) is 2.67. The molecule has 0 aromatic heterocycles. The first-order valence-corrected chi connectivity index (χ1v) is 13.5. The Morgan fingerprint density at radius 3 is 2.46 bits per heavy atom. The van der Waals surface area contributed by atoms with E-state index in [1.54, 1.807) is 31.0 Å². The van der Waals surface area contributed by atoms with Gasteiger partial charge < -0.3 is 19.7 Å². The van der Waals surface area contributed by atoms with Gasteiger partial charge in [-0.25, -0.2) is 9.18 Å². The molecule has 1 aliphatic rings. The maximum atomic E-state index is 14.6. The van der Waals surface area contributed by atoms with Crippen LogP contribution in [-0.2, 0) is 4.74 Å². The molecule has 9 heteroatoms. The second-order valence-electron chi connectivity index (χ2n) is 10.6. The molecule has 37 heavy (non-hydrogen) atoms. The van der Waals surface area contributed by atoms with Crippen LogP contribution in [0.1, 0.15) is 60.8 Å². The Kier molecular flexibility index (Phi) is 9.44. The molecule has 0 aliphatic carbocycles. The maximum absolute atomic E-state index is 14.6. The van der Waals surface area contributed by atoms with Crippen LogP contribution in [0, 0.1) is 23.2 Å². The fourth-order valence-corrected chi connectivity index (χ4v) is 4.73. The van der Waals surface area contributed by atoms with E-state index in [0.29, 0.717) is 48.6 Å². The van der Waals surface area contributed by atoms with E-state index in [0.717, 1.165) is 9.13 Å². The number of hydrogen-bond acceptors (Lipinski definition) is 5. The number of nitrogens with zero attached hydrogens (tertiary/aromatic N) is 2. The molecule has 2 aromatic carbocycles. The summed E-state index contributed by atoms with van der Waals surface area (Å²) in [6, 6.07) is 8.69. The topological polar surface area (TPSA) is 71.1 Å². The zero-order valence-electron chi connectivity index (χ0n) is 22.7. The fourth-order valence-electron chi connectivity index (χ4n) is 4.26. The molecule has 0 spiro atoms. The van der Waals surface area contributed by atoms with Crippen molar-refractivity contribution >= 4 is 34.6 Å². The number of carbonyl (C=O) groups excluding carboxylic acids is 2. The van der Waals surface area contributed by atoms with Gasteiger partial charge in [0.1, 0.15) is 23.3 Å². The third-order valence-electron chi connectivity index (χ3n) is 6.33. The quantitative estimate of drug-likeness (QED) is 0.432. The Labute approximate surface area is 232 Å². The van der Waals surface area contributed by atoms with Crippen molar-refractivity contribution in [3.05, 3.63) is 62.0 Å². The Morgan fingerprint density at radius 1 is 1.16 bits per heavy atom. The lowest BCUT2D eigenvalue weighted by Gasteiger charge is -2.41. The highest BCUT2D eigenvalue weighted by Crippen LogP contribution is 2.31. The predicted molar refractivity (Wildman–Crippen MR) is 151 cm³/mol. The Balaban J connectivity index is 1.87. The molecule has 0 bridgehead atoms. The van der Waals surface area contributed by atoms with Crippen LogP contribution >= 0.6 is 22.6 Å². The van der Waals surface area contributed by atoms with E-state index in [1.165, 1.54) is 6.07 Å². The molecule has 1 heterocycles. The first-order valence-electron chi connectivity index (χ1n) is 12.5. The van der Waals surface area contributed by atoms with Gasteiger partial charge in [0, 0.05) is 42.8 Å². The molecular formula is C28H37FIN3O4. The number of carbonyl (C=O) groups is 2. The molecule has 2 atom stereocenters. The van der Waals surface area contributed by atoms with Gasteiger partial charge in [-0.3, -0.25) is 9.69 Å². The van der Waals surface area contributed by atoms with Gasteiger partial charge in [0.15, 0.2) is 0 Å². The Bertz CT molecular complexity index is 1150. The summed E-state index contributed by atoms with van der Waals surface area (Å²) in [4.78, 5) is 29.2. The van der Waals surface area contributed by atoms with Gasteiger partial charge in [-0.1, -0.05) is 12.1 Å². The number of amides is 2. The van der Waals surface area contributed by atoms with Crippen LogP contribution in [0.4, 0.5) is 9.18 Å². The Morgan fingerprint density at radius 2 is 1.86 bits per heavy atom.